The molecule has 0 bridgehead atoms. The topological polar surface area (TPSA) is 116 Å². The molecule has 2 aromatic heterocycles. The number of nitrogens with one attached hydrogen (secondary N) is 1. The van der Waals surface area contributed by atoms with E-state index in [9.17, 15) is 9.59 Å². The molecular weight excluding hydrogens is 272 g/mol. The van der Waals surface area contributed by atoms with Crippen LogP contribution in [0.3, 0.4) is 0 Å². The number of carbonyl (C=O) groups is 2. The van der Waals surface area contributed by atoms with Crippen LogP contribution in [0.15, 0.2) is 30.5 Å². The van der Waals surface area contributed by atoms with Crippen molar-refractivity contribution >= 4 is 17.7 Å². The molecule has 2 heterocycles. The summed E-state index contributed by atoms with van der Waals surface area (Å²) in [7, 11) is 0. The van der Waals surface area contributed by atoms with Crippen LogP contribution in [0.1, 0.15) is 32.1 Å². The first-order chi connectivity index (χ1) is 10.0. The summed E-state index contributed by atoms with van der Waals surface area (Å²) in [6.45, 7) is 1.63. The number of aromatic carboxylic acids is 1. The van der Waals surface area contributed by atoms with E-state index in [4.69, 9.17) is 10.4 Å². The Labute approximate surface area is 119 Å². The Morgan fingerprint density at radius 3 is 2.57 bits per heavy atom. The predicted octanol–water partition coefficient (Wildman–Crippen LogP) is 1.61. The van der Waals surface area contributed by atoms with Gasteiger partial charge < -0.3 is 10.4 Å². The summed E-state index contributed by atoms with van der Waals surface area (Å²) >= 11 is 0. The number of rotatable bonds is 3. The lowest BCUT2D eigenvalue weighted by Gasteiger charge is -2.05. The quantitative estimate of drug-likeness (QED) is 0.883. The zero-order valence-corrected chi connectivity index (χ0v) is 11.0. The van der Waals surface area contributed by atoms with Crippen LogP contribution in [0.25, 0.3) is 0 Å². The Bertz CT molecular complexity index is 748. The first-order valence-corrected chi connectivity index (χ1v) is 5.89. The lowest BCUT2D eigenvalue weighted by molar-refractivity contribution is 0.0696. The van der Waals surface area contributed by atoms with E-state index >= 15 is 0 Å². The third-order valence-corrected chi connectivity index (χ3v) is 2.69. The lowest BCUT2D eigenvalue weighted by atomic mass is 10.2. The molecule has 1 amide bonds. The number of hydrogen-bond acceptors (Lipinski definition) is 5. The predicted molar refractivity (Wildman–Crippen MR) is 72.8 cm³/mol. The van der Waals surface area contributed by atoms with E-state index in [0.717, 1.165) is 6.20 Å². The minimum atomic E-state index is -1.09. The van der Waals surface area contributed by atoms with Gasteiger partial charge in [-0.15, -0.1) is 0 Å². The molecule has 0 aliphatic rings. The molecule has 0 aromatic carbocycles. The van der Waals surface area contributed by atoms with Gasteiger partial charge in [-0.3, -0.25) is 4.79 Å². The molecule has 0 saturated heterocycles. The maximum atomic E-state index is 12.0. The number of nitriles is 1. The van der Waals surface area contributed by atoms with Crippen molar-refractivity contribution in [1.29, 1.82) is 5.26 Å². The second-order valence-electron chi connectivity index (χ2n) is 4.13. The maximum absolute atomic E-state index is 12.0. The molecule has 0 unspecified atom stereocenters. The van der Waals surface area contributed by atoms with E-state index in [1.807, 2.05) is 6.07 Å². The van der Waals surface area contributed by atoms with Gasteiger partial charge in [0.15, 0.2) is 0 Å². The van der Waals surface area contributed by atoms with Crippen LogP contribution in [0.2, 0.25) is 0 Å². The minimum absolute atomic E-state index is 0.0281. The highest BCUT2D eigenvalue weighted by atomic mass is 16.4. The molecule has 0 radical (unpaired) electrons. The zero-order valence-electron chi connectivity index (χ0n) is 11.0. The fraction of sp³-hybridized carbons (Fsp3) is 0.0714. The van der Waals surface area contributed by atoms with E-state index in [1.54, 1.807) is 6.92 Å². The molecule has 0 saturated carbocycles. The second kappa shape index (κ2) is 5.79. The highest BCUT2D eigenvalue weighted by Crippen LogP contribution is 2.09. The molecule has 0 aliphatic heterocycles. The SMILES string of the molecule is Cc1nc(C(=O)Nc2ccc(C(=O)O)cn2)ccc1C#N. The van der Waals surface area contributed by atoms with Crippen LogP contribution < -0.4 is 5.32 Å². The fourth-order valence-corrected chi connectivity index (χ4v) is 1.58. The lowest BCUT2D eigenvalue weighted by Crippen LogP contribution is -2.15. The van der Waals surface area contributed by atoms with Gasteiger partial charge in [-0.1, -0.05) is 0 Å². The molecule has 7 heteroatoms. The Morgan fingerprint density at radius 1 is 1.29 bits per heavy atom. The van der Waals surface area contributed by atoms with Gasteiger partial charge in [-0.2, -0.15) is 5.26 Å². The van der Waals surface area contributed by atoms with Gasteiger partial charge in [0, 0.05) is 6.20 Å². The third kappa shape index (κ3) is 3.19. The normalized spacial score (nSPS) is 9.71. The van der Waals surface area contributed by atoms with Gasteiger partial charge in [0.1, 0.15) is 17.6 Å². The largest absolute Gasteiger partial charge is 0.478 e. The number of nitrogens with zero attached hydrogens (tertiary/aromatic N) is 3. The second-order valence-corrected chi connectivity index (χ2v) is 4.13. The van der Waals surface area contributed by atoms with Gasteiger partial charge in [-0.05, 0) is 31.2 Å². The Balaban J connectivity index is 2.16. The number of amides is 1. The van der Waals surface area contributed by atoms with Gasteiger partial charge in [0.05, 0.1) is 16.8 Å². The average molecular weight is 282 g/mol. The zero-order chi connectivity index (χ0) is 15.4. The molecule has 2 rings (SSSR count). The molecule has 2 aromatic rings. The van der Waals surface area contributed by atoms with Crippen molar-refractivity contribution in [2.75, 3.05) is 5.32 Å². The molecule has 0 fully saturated rings. The van der Waals surface area contributed by atoms with E-state index < -0.39 is 11.9 Å². The summed E-state index contributed by atoms with van der Waals surface area (Å²) in [6.07, 6.45) is 1.15. The number of anilines is 1. The monoisotopic (exact) mass is 282 g/mol. The van der Waals surface area contributed by atoms with Crippen LogP contribution in [-0.2, 0) is 0 Å². The van der Waals surface area contributed by atoms with Crippen molar-refractivity contribution in [3.05, 3.63) is 53.0 Å². The number of pyridine rings is 2. The van der Waals surface area contributed by atoms with Crippen LogP contribution in [0.5, 0.6) is 0 Å². The number of carboxylic acids is 1. The summed E-state index contributed by atoms with van der Waals surface area (Å²) < 4.78 is 0. The van der Waals surface area contributed by atoms with E-state index in [1.165, 1.54) is 24.3 Å². The van der Waals surface area contributed by atoms with E-state index in [-0.39, 0.29) is 17.1 Å². The molecule has 7 nitrogen and oxygen atoms in total. The van der Waals surface area contributed by atoms with E-state index in [2.05, 4.69) is 15.3 Å². The summed E-state index contributed by atoms with van der Waals surface area (Å²) in [4.78, 5) is 30.5. The standard InChI is InChI=1S/C14H10N4O3/c1-8-9(6-15)2-4-11(17-8)13(19)18-12-5-3-10(7-16-12)14(20)21/h2-5,7H,1H3,(H,20,21)(H,16,18,19). The molecule has 104 valence electrons. The Kier molecular flexibility index (Phi) is 3.90. The molecule has 21 heavy (non-hydrogen) atoms. The highest BCUT2D eigenvalue weighted by molar-refractivity contribution is 6.02. The smallest absolute Gasteiger partial charge is 0.337 e. The van der Waals surface area contributed by atoms with Crippen molar-refractivity contribution in [2.24, 2.45) is 0 Å². The van der Waals surface area contributed by atoms with Gasteiger partial charge in [-0.25, -0.2) is 14.8 Å². The van der Waals surface area contributed by atoms with Gasteiger partial charge in [0.25, 0.3) is 5.91 Å². The number of aromatic nitrogens is 2. The van der Waals surface area contributed by atoms with Crippen molar-refractivity contribution in [1.82, 2.24) is 9.97 Å². The number of hydrogen-bond donors (Lipinski definition) is 2. The molecular formula is C14H10N4O3. The highest BCUT2D eigenvalue weighted by Gasteiger charge is 2.11. The minimum Gasteiger partial charge on any atom is -0.478 e. The van der Waals surface area contributed by atoms with Crippen molar-refractivity contribution in [3.63, 3.8) is 0 Å². The van der Waals surface area contributed by atoms with Gasteiger partial charge >= 0.3 is 5.97 Å². The number of carbonyl (C=O) groups excluding carboxylic acids is 1. The van der Waals surface area contributed by atoms with Crippen molar-refractivity contribution in [2.45, 2.75) is 6.92 Å². The number of carboxylic acid groups (broad SMARTS) is 1. The van der Waals surface area contributed by atoms with E-state index in [0.29, 0.717) is 11.3 Å². The van der Waals surface area contributed by atoms with Gasteiger partial charge in [0.2, 0.25) is 0 Å². The average Bonchev–Trinajstić information content (AvgIpc) is 2.47. The summed E-state index contributed by atoms with van der Waals surface area (Å²) in [5, 5.41) is 20.1. The number of aryl methyl sites for hydroxylation is 1. The Morgan fingerprint density at radius 2 is 2.05 bits per heavy atom. The van der Waals surface area contributed by atoms with Crippen molar-refractivity contribution < 1.29 is 14.7 Å². The third-order valence-electron chi connectivity index (χ3n) is 2.69. The first-order valence-electron chi connectivity index (χ1n) is 5.89. The van der Waals surface area contributed by atoms with Crippen LogP contribution in [0.4, 0.5) is 5.82 Å². The molecule has 0 spiro atoms. The maximum Gasteiger partial charge on any atom is 0.337 e. The van der Waals surface area contributed by atoms with Crippen LogP contribution in [-0.4, -0.2) is 27.0 Å². The van der Waals surface area contributed by atoms with Crippen LogP contribution in [0, 0.1) is 18.3 Å². The first kappa shape index (κ1) is 14.1. The molecule has 2 N–H and O–H groups in total. The molecule has 0 atom stereocenters. The molecule has 0 aliphatic carbocycles. The summed E-state index contributed by atoms with van der Waals surface area (Å²) in [5.74, 6) is -1.36. The fourth-order valence-electron chi connectivity index (χ4n) is 1.58. The summed E-state index contributed by atoms with van der Waals surface area (Å²) in [5.41, 5.74) is 1.03. The Hall–Kier alpha value is -3.27. The summed E-state index contributed by atoms with van der Waals surface area (Å²) in [6, 6.07) is 7.64. The van der Waals surface area contributed by atoms with Crippen molar-refractivity contribution in [3.8, 4) is 6.07 Å². The van der Waals surface area contributed by atoms with Crippen LogP contribution >= 0.6 is 0 Å².